The Balaban J connectivity index is 1.61. The Morgan fingerprint density at radius 3 is 2.80 bits per heavy atom. The van der Waals surface area contributed by atoms with Crippen LogP contribution in [-0.4, -0.2) is 34.0 Å². The second-order valence-corrected chi connectivity index (χ2v) is 9.32. The summed E-state index contributed by atoms with van der Waals surface area (Å²) in [6.07, 6.45) is 9.35. The monoisotopic (exact) mass is 468 g/mol. The molecule has 2 N–H and O–H groups in total. The number of hydrogen-bond acceptors (Lipinski definition) is 5. The number of anilines is 1. The van der Waals surface area contributed by atoms with Crippen LogP contribution in [0.5, 0.6) is 0 Å². The molecule has 0 aromatic carbocycles. The smallest absolute Gasteiger partial charge is 0.341 e. The van der Waals surface area contributed by atoms with Crippen molar-refractivity contribution in [3.05, 3.63) is 32.9 Å². The lowest BCUT2D eigenvalue weighted by atomic mass is 9.96. The SMILES string of the molecule is CCOC(=O)c1c(NC(=S)NCCCn2cc(Cl)c(C)n2)sc2c1CCCCCC2. The minimum atomic E-state index is -0.258. The maximum Gasteiger partial charge on any atom is 0.341 e. The molecule has 2 aromatic rings. The van der Waals surface area contributed by atoms with Crippen molar-refractivity contribution in [2.24, 2.45) is 0 Å². The molecule has 0 unspecified atom stereocenters. The van der Waals surface area contributed by atoms with E-state index >= 15 is 0 Å². The van der Waals surface area contributed by atoms with Crippen LogP contribution < -0.4 is 10.6 Å². The number of aromatic nitrogens is 2. The van der Waals surface area contributed by atoms with Gasteiger partial charge in [0.15, 0.2) is 5.11 Å². The molecule has 30 heavy (non-hydrogen) atoms. The number of carbonyl (C=O) groups is 1. The number of hydrogen-bond donors (Lipinski definition) is 2. The number of carbonyl (C=O) groups excluding carboxylic acids is 1. The van der Waals surface area contributed by atoms with Crippen molar-refractivity contribution in [2.75, 3.05) is 18.5 Å². The normalized spacial score (nSPS) is 13.8. The maximum absolute atomic E-state index is 12.7. The molecule has 9 heteroatoms. The molecular weight excluding hydrogens is 440 g/mol. The molecule has 164 valence electrons. The van der Waals surface area contributed by atoms with Gasteiger partial charge in [-0.05, 0) is 63.7 Å². The number of nitrogens with one attached hydrogen (secondary N) is 2. The predicted molar refractivity (Wildman–Crippen MR) is 127 cm³/mol. The summed E-state index contributed by atoms with van der Waals surface area (Å²) in [6.45, 7) is 5.54. The minimum Gasteiger partial charge on any atom is -0.462 e. The highest BCUT2D eigenvalue weighted by Crippen LogP contribution is 2.37. The first-order valence-corrected chi connectivity index (χ1v) is 12.2. The van der Waals surface area contributed by atoms with E-state index in [-0.39, 0.29) is 5.97 Å². The van der Waals surface area contributed by atoms with E-state index in [1.807, 2.05) is 24.7 Å². The van der Waals surface area contributed by atoms with Crippen LogP contribution in [0.3, 0.4) is 0 Å². The molecule has 0 radical (unpaired) electrons. The number of rotatable bonds is 7. The van der Waals surface area contributed by atoms with Crippen LogP contribution in [0.4, 0.5) is 5.00 Å². The molecule has 0 amide bonds. The molecule has 1 aliphatic rings. The van der Waals surface area contributed by atoms with E-state index in [2.05, 4.69) is 15.7 Å². The first kappa shape index (κ1) is 23.0. The topological polar surface area (TPSA) is 68.2 Å². The van der Waals surface area contributed by atoms with Gasteiger partial charge in [-0.3, -0.25) is 4.68 Å². The van der Waals surface area contributed by atoms with Crippen molar-refractivity contribution in [3.8, 4) is 0 Å². The first-order chi connectivity index (χ1) is 14.5. The van der Waals surface area contributed by atoms with Gasteiger partial charge in [0.1, 0.15) is 5.00 Å². The summed E-state index contributed by atoms with van der Waals surface area (Å²) >= 11 is 13.2. The molecule has 0 aliphatic heterocycles. The number of nitrogens with zero attached hydrogens (tertiary/aromatic N) is 2. The van der Waals surface area contributed by atoms with E-state index in [1.165, 1.54) is 17.7 Å². The molecule has 0 saturated heterocycles. The Kier molecular flexibility index (Phi) is 8.53. The highest BCUT2D eigenvalue weighted by Gasteiger charge is 2.25. The lowest BCUT2D eigenvalue weighted by Crippen LogP contribution is -2.30. The first-order valence-electron chi connectivity index (χ1n) is 10.6. The molecule has 0 spiro atoms. The molecule has 0 saturated carbocycles. The summed E-state index contributed by atoms with van der Waals surface area (Å²) in [7, 11) is 0. The molecule has 6 nitrogen and oxygen atoms in total. The zero-order chi connectivity index (χ0) is 21.5. The van der Waals surface area contributed by atoms with Crippen molar-refractivity contribution < 1.29 is 9.53 Å². The Labute approximate surface area is 192 Å². The van der Waals surface area contributed by atoms with Gasteiger partial charge in [0, 0.05) is 24.2 Å². The van der Waals surface area contributed by atoms with Crippen molar-refractivity contribution >= 4 is 51.2 Å². The van der Waals surface area contributed by atoms with Crippen LogP contribution in [0, 0.1) is 6.92 Å². The Hall–Kier alpha value is -1.64. The fraction of sp³-hybridized carbons (Fsp3) is 0.571. The van der Waals surface area contributed by atoms with Gasteiger partial charge in [-0.25, -0.2) is 4.79 Å². The predicted octanol–water partition coefficient (Wildman–Crippen LogP) is 5.12. The summed E-state index contributed by atoms with van der Waals surface area (Å²) in [5.74, 6) is -0.258. The third kappa shape index (κ3) is 5.95. The van der Waals surface area contributed by atoms with Gasteiger partial charge in [0.2, 0.25) is 0 Å². The van der Waals surface area contributed by atoms with Crippen LogP contribution in [0.15, 0.2) is 6.20 Å². The zero-order valence-corrected chi connectivity index (χ0v) is 19.9. The molecule has 0 atom stereocenters. The number of esters is 1. The second kappa shape index (κ2) is 11.1. The van der Waals surface area contributed by atoms with E-state index in [9.17, 15) is 4.79 Å². The molecule has 2 aromatic heterocycles. The number of fused-ring (bicyclic) bond motifs is 1. The van der Waals surface area contributed by atoms with Crippen molar-refractivity contribution in [3.63, 3.8) is 0 Å². The average Bonchev–Trinajstić information content (AvgIpc) is 3.18. The maximum atomic E-state index is 12.7. The van der Waals surface area contributed by atoms with Gasteiger partial charge in [0.25, 0.3) is 0 Å². The van der Waals surface area contributed by atoms with E-state index in [0.717, 1.165) is 54.9 Å². The fourth-order valence-corrected chi connectivity index (χ4v) is 5.33. The van der Waals surface area contributed by atoms with Gasteiger partial charge in [-0.15, -0.1) is 11.3 Å². The Bertz CT molecular complexity index is 874. The van der Waals surface area contributed by atoms with E-state index in [0.29, 0.717) is 28.9 Å². The van der Waals surface area contributed by atoms with E-state index in [4.69, 9.17) is 28.6 Å². The quantitative estimate of drug-likeness (QED) is 0.334. The highest BCUT2D eigenvalue weighted by molar-refractivity contribution is 7.80. The van der Waals surface area contributed by atoms with Gasteiger partial charge in [-0.2, -0.15) is 5.10 Å². The second-order valence-electron chi connectivity index (χ2n) is 7.40. The number of thiophene rings is 1. The van der Waals surface area contributed by atoms with Crippen molar-refractivity contribution in [1.29, 1.82) is 0 Å². The molecule has 0 fully saturated rings. The fourth-order valence-electron chi connectivity index (χ4n) is 3.63. The van der Waals surface area contributed by atoms with Crippen molar-refractivity contribution in [2.45, 2.75) is 65.3 Å². The third-order valence-electron chi connectivity index (χ3n) is 5.11. The lowest BCUT2D eigenvalue weighted by molar-refractivity contribution is 0.0526. The molecule has 1 aliphatic carbocycles. The summed E-state index contributed by atoms with van der Waals surface area (Å²) in [5, 5.41) is 12.8. The standard InChI is InChI=1S/C21H29ClN4O2S2/c1-3-28-20(27)18-15-9-6-4-5-7-10-17(15)30-19(18)24-21(29)23-11-8-12-26-13-16(22)14(2)25-26/h13H,3-12H2,1-2H3,(H2,23,24,29). The largest absolute Gasteiger partial charge is 0.462 e. The van der Waals surface area contributed by atoms with Crippen LogP contribution in [0.25, 0.3) is 0 Å². The van der Waals surface area contributed by atoms with Gasteiger partial charge in [-0.1, -0.05) is 24.4 Å². The third-order valence-corrected chi connectivity index (χ3v) is 6.94. The van der Waals surface area contributed by atoms with E-state index in [1.54, 1.807) is 11.3 Å². The highest BCUT2D eigenvalue weighted by atomic mass is 35.5. The average molecular weight is 469 g/mol. The van der Waals surface area contributed by atoms with Crippen LogP contribution in [0.2, 0.25) is 5.02 Å². The van der Waals surface area contributed by atoms with Crippen LogP contribution in [-0.2, 0) is 24.1 Å². The number of aryl methyl sites for hydroxylation is 3. The number of thiocarbonyl (C=S) groups is 1. The summed E-state index contributed by atoms with van der Waals surface area (Å²) in [5.41, 5.74) is 2.65. The zero-order valence-electron chi connectivity index (χ0n) is 17.6. The van der Waals surface area contributed by atoms with Gasteiger partial charge in [0.05, 0.1) is 22.9 Å². The molecule has 2 heterocycles. The molecule has 3 rings (SSSR count). The van der Waals surface area contributed by atoms with Crippen molar-refractivity contribution in [1.82, 2.24) is 15.1 Å². The number of ether oxygens (including phenoxy) is 1. The van der Waals surface area contributed by atoms with Crippen LogP contribution in [0.1, 0.15) is 65.5 Å². The summed E-state index contributed by atoms with van der Waals surface area (Å²) in [6, 6.07) is 0. The summed E-state index contributed by atoms with van der Waals surface area (Å²) in [4.78, 5) is 14.0. The van der Waals surface area contributed by atoms with E-state index < -0.39 is 0 Å². The number of halogens is 1. The Morgan fingerprint density at radius 1 is 1.33 bits per heavy atom. The summed E-state index contributed by atoms with van der Waals surface area (Å²) < 4.78 is 7.19. The van der Waals surface area contributed by atoms with Gasteiger partial charge < -0.3 is 15.4 Å². The Morgan fingerprint density at radius 2 is 2.10 bits per heavy atom. The van der Waals surface area contributed by atoms with Gasteiger partial charge >= 0.3 is 5.97 Å². The van der Waals surface area contributed by atoms with Crippen LogP contribution >= 0.6 is 35.2 Å². The molecule has 0 bridgehead atoms. The molecular formula is C21H29ClN4O2S2. The lowest BCUT2D eigenvalue weighted by Gasteiger charge is -2.12. The minimum absolute atomic E-state index is 0.258.